The number of anilines is 1. The number of aryl methyl sites for hydroxylation is 2. The molecular formula is C29H33FN4O5. The van der Waals surface area contributed by atoms with Crippen molar-refractivity contribution in [2.45, 2.75) is 77.9 Å². The van der Waals surface area contributed by atoms with Gasteiger partial charge in [-0.05, 0) is 63.1 Å². The van der Waals surface area contributed by atoms with Crippen LogP contribution in [0.2, 0.25) is 0 Å². The first-order valence-electron chi connectivity index (χ1n) is 13.6. The van der Waals surface area contributed by atoms with Crippen LogP contribution in [0.4, 0.5) is 10.1 Å². The van der Waals surface area contributed by atoms with Gasteiger partial charge in [0.05, 0.1) is 22.9 Å². The highest BCUT2D eigenvalue weighted by Gasteiger charge is 2.27. The second-order valence-corrected chi connectivity index (χ2v) is 10.5. The number of rotatable bonds is 7. The fraction of sp³-hybridized carbons (Fsp3) is 0.448. The number of halogens is 1. The Morgan fingerprint density at radius 1 is 1.13 bits per heavy atom. The lowest BCUT2D eigenvalue weighted by atomic mass is 9.86. The van der Waals surface area contributed by atoms with Crippen molar-refractivity contribution in [3.05, 3.63) is 69.1 Å². The van der Waals surface area contributed by atoms with Gasteiger partial charge in [-0.15, -0.1) is 5.10 Å². The summed E-state index contributed by atoms with van der Waals surface area (Å²) in [7, 11) is 0. The molecule has 2 aromatic carbocycles. The lowest BCUT2D eigenvalue weighted by molar-refractivity contribution is 0.0698. The zero-order valence-electron chi connectivity index (χ0n) is 22.2. The Labute approximate surface area is 225 Å². The molecule has 1 atom stereocenters. The molecule has 2 N–H and O–H groups in total. The van der Waals surface area contributed by atoms with Crippen molar-refractivity contribution in [1.82, 2.24) is 14.3 Å². The molecule has 2 heterocycles. The highest BCUT2D eigenvalue weighted by molar-refractivity contribution is 6.09. The van der Waals surface area contributed by atoms with Gasteiger partial charge in [-0.2, -0.15) is 4.68 Å². The first kappa shape index (κ1) is 26.6. The van der Waals surface area contributed by atoms with E-state index in [0.717, 1.165) is 49.3 Å². The largest absolute Gasteiger partial charge is 0.490 e. The molecule has 39 heavy (non-hydrogen) atoms. The molecule has 5 rings (SSSR count). The van der Waals surface area contributed by atoms with E-state index in [1.54, 1.807) is 23.6 Å². The van der Waals surface area contributed by atoms with Crippen molar-refractivity contribution in [3.8, 4) is 11.4 Å². The highest BCUT2D eigenvalue weighted by Crippen LogP contribution is 2.33. The number of nitrogens with one attached hydrogen (secondary N) is 1. The Hall–Kier alpha value is -3.95. The van der Waals surface area contributed by atoms with Gasteiger partial charge in [0.2, 0.25) is 0 Å². The third-order valence-corrected chi connectivity index (χ3v) is 7.86. The number of aromatic nitrogens is 3. The summed E-state index contributed by atoms with van der Waals surface area (Å²) < 4.78 is 24.5. The predicted octanol–water partition coefficient (Wildman–Crippen LogP) is 5.12. The van der Waals surface area contributed by atoms with Crippen LogP contribution in [0, 0.1) is 18.7 Å². The van der Waals surface area contributed by atoms with Gasteiger partial charge >= 0.3 is 11.7 Å². The van der Waals surface area contributed by atoms with Gasteiger partial charge in [-0.25, -0.2) is 14.0 Å². The molecule has 9 nitrogen and oxygen atoms in total. The van der Waals surface area contributed by atoms with Gasteiger partial charge in [-0.3, -0.25) is 9.36 Å². The number of fused-ring (bicyclic) bond motifs is 1. The molecule has 1 fully saturated rings. The quantitative estimate of drug-likeness (QED) is 0.433. The molecule has 3 aromatic rings. The van der Waals surface area contributed by atoms with Crippen LogP contribution < -0.4 is 15.7 Å². The lowest BCUT2D eigenvalue weighted by Gasteiger charge is -2.29. The molecule has 1 aromatic heterocycles. The van der Waals surface area contributed by atoms with Crippen molar-refractivity contribution in [2.24, 2.45) is 5.92 Å². The summed E-state index contributed by atoms with van der Waals surface area (Å²) in [6.07, 6.45) is 7.50. The van der Waals surface area contributed by atoms with Crippen LogP contribution >= 0.6 is 0 Å². The first-order valence-corrected chi connectivity index (χ1v) is 13.6. The molecule has 0 unspecified atom stereocenters. The van der Waals surface area contributed by atoms with Crippen molar-refractivity contribution in [1.29, 1.82) is 0 Å². The second kappa shape index (κ2) is 11.0. The van der Waals surface area contributed by atoms with Crippen LogP contribution in [-0.4, -0.2) is 37.4 Å². The van der Waals surface area contributed by atoms with Crippen LogP contribution in [0.25, 0.3) is 5.69 Å². The smallest absolute Gasteiger partial charge is 0.350 e. The third kappa shape index (κ3) is 5.32. The summed E-state index contributed by atoms with van der Waals surface area (Å²) in [4.78, 5) is 38.3. The number of para-hydroxylation sites is 1. The number of hydrogen-bond acceptors (Lipinski definition) is 5. The van der Waals surface area contributed by atoms with E-state index in [1.165, 1.54) is 18.6 Å². The van der Waals surface area contributed by atoms with Gasteiger partial charge in [-0.1, -0.05) is 31.4 Å². The van der Waals surface area contributed by atoms with Gasteiger partial charge in [0.25, 0.3) is 5.91 Å². The molecule has 1 amide bonds. The monoisotopic (exact) mass is 536 g/mol. The zero-order valence-corrected chi connectivity index (χ0v) is 22.2. The third-order valence-electron chi connectivity index (χ3n) is 7.86. The minimum absolute atomic E-state index is 0.0753. The van der Waals surface area contributed by atoms with Crippen LogP contribution in [0.15, 0.2) is 35.1 Å². The molecule has 2 aliphatic rings. The van der Waals surface area contributed by atoms with Crippen LogP contribution in [-0.2, 0) is 13.0 Å². The van der Waals surface area contributed by atoms with E-state index in [9.17, 15) is 19.5 Å². The minimum Gasteiger partial charge on any atom is -0.490 e. The van der Waals surface area contributed by atoms with Crippen molar-refractivity contribution >= 4 is 17.6 Å². The molecule has 0 spiro atoms. The number of carbonyl (C=O) groups excluding carboxylic acids is 1. The normalized spacial score (nSPS) is 16.4. The number of nitrogens with zero attached hydrogens (tertiary/aromatic N) is 3. The van der Waals surface area contributed by atoms with Gasteiger partial charge in [0, 0.05) is 19.0 Å². The van der Waals surface area contributed by atoms with Crippen LogP contribution in [0.5, 0.6) is 5.75 Å². The Balaban J connectivity index is 1.56. The molecule has 1 aliphatic heterocycles. The van der Waals surface area contributed by atoms with E-state index in [1.807, 2.05) is 6.92 Å². The molecule has 0 bridgehead atoms. The van der Waals surface area contributed by atoms with Crippen LogP contribution in [0.3, 0.4) is 0 Å². The number of ether oxygens (including phenoxy) is 1. The molecule has 1 saturated carbocycles. The molecular weight excluding hydrogens is 503 g/mol. The predicted molar refractivity (Wildman–Crippen MR) is 143 cm³/mol. The molecule has 0 saturated heterocycles. The Morgan fingerprint density at radius 2 is 1.90 bits per heavy atom. The average Bonchev–Trinajstić information content (AvgIpc) is 3.26. The Kier molecular flexibility index (Phi) is 7.54. The number of amides is 1. The number of benzene rings is 2. The second-order valence-electron chi connectivity index (χ2n) is 10.5. The van der Waals surface area contributed by atoms with Gasteiger partial charge in [0.15, 0.2) is 0 Å². The maximum atomic E-state index is 15.6. The number of aromatic carboxylic acids is 1. The maximum Gasteiger partial charge on any atom is 0.350 e. The number of carboxylic acid groups (broad SMARTS) is 1. The van der Waals surface area contributed by atoms with Crippen LogP contribution in [0.1, 0.15) is 84.0 Å². The van der Waals surface area contributed by atoms with E-state index in [2.05, 4.69) is 10.4 Å². The zero-order chi connectivity index (χ0) is 27.7. The summed E-state index contributed by atoms with van der Waals surface area (Å²) in [5.41, 5.74) is -0.00839. The number of carbonyl (C=O) groups is 2. The summed E-state index contributed by atoms with van der Waals surface area (Å²) in [5, 5.41) is 16.7. The summed E-state index contributed by atoms with van der Waals surface area (Å²) >= 11 is 0. The fourth-order valence-corrected chi connectivity index (χ4v) is 5.63. The topological polar surface area (TPSA) is 115 Å². The molecule has 206 valence electrons. The van der Waals surface area contributed by atoms with Gasteiger partial charge < -0.3 is 15.2 Å². The van der Waals surface area contributed by atoms with Crippen molar-refractivity contribution in [3.63, 3.8) is 0 Å². The summed E-state index contributed by atoms with van der Waals surface area (Å²) in [5.74, 6) is -1.71. The Morgan fingerprint density at radius 3 is 2.62 bits per heavy atom. The molecule has 10 heteroatoms. The summed E-state index contributed by atoms with van der Waals surface area (Å²) in [6.45, 7) is 4.15. The van der Waals surface area contributed by atoms with E-state index < -0.39 is 23.4 Å². The lowest BCUT2D eigenvalue weighted by Crippen LogP contribution is -2.28. The SMILES string of the molecule is Cc1cccc(C(=O)O)c1NC(=O)c1cc(F)c(-n2nc3n(c2=O)CCCC3)cc1O[C@@H](C)C1CCCCC1. The average molecular weight is 537 g/mol. The number of hydrogen-bond donors (Lipinski definition) is 2. The highest BCUT2D eigenvalue weighted by atomic mass is 19.1. The first-order chi connectivity index (χ1) is 18.7. The van der Waals surface area contributed by atoms with E-state index in [0.29, 0.717) is 24.4 Å². The molecule has 1 aliphatic carbocycles. The maximum absolute atomic E-state index is 15.6. The summed E-state index contributed by atoms with van der Waals surface area (Å²) in [6, 6.07) is 7.06. The van der Waals surface area contributed by atoms with E-state index >= 15 is 4.39 Å². The molecule has 0 radical (unpaired) electrons. The standard InChI is InChI=1S/C29H33FN4O5/c1-17-9-8-12-20(28(36)37)26(17)31-27(35)21-15-22(30)23(34-29(38)33-14-7-6-13-25(33)32-34)16-24(21)39-18(2)19-10-4-3-5-11-19/h8-9,12,15-16,18-19H,3-7,10-11,13-14H2,1-2H3,(H,31,35)(H,36,37)/t18-/m0/s1. The Bertz CT molecular complexity index is 1470. The van der Waals surface area contributed by atoms with Crippen molar-refractivity contribution < 1.29 is 23.8 Å². The number of carboxylic acids is 1. The van der Waals surface area contributed by atoms with Gasteiger partial charge in [0.1, 0.15) is 23.1 Å². The van der Waals surface area contributed by atoms with E-state index in [4.69, 9.17) is 4.74 Å². The van der Waals surface area contributed by atoms with E-state index in [-0.39, 0.29) is 40.3 Å². The van der Waals surface area contributed by atoms with Crippen molar-refractivity contribution in [2.75, 3.05) is 5.32 Å². The fourth-order valence-electron chi connectivity index (χ4n) is 5.63. The minimum atomic E-state index is -1.19.